The molecule has 0 spiro atoms. The fraction of sp³-hybridized carbons (Fsp3) is 1.00. The Balaban J connectivity index is 2.51. The zero-order valence-electron chi connectivity index (χ0n) is 14.0. The van der Waals surface area contributed by atoms with Gasteiger partial charge in [-0.25, -0.2) is 0 Å². The summed E-state index contributed by atoms with van der Waals surface area (Å²) in [6.07, 6.45) is 5.53. The van der Waals surface area contributed by atoms with E-state index in [0.29, 0.717) is 12.2 Å². The quantitative estimate of drug-likeness (QED) is 0.296. The summed E-state index contributed by atoms with van der Waals surface area (Å²) in [5.74, 6) is 0. The highest BCUT2D eigenvalue weighted by Gasteiger charge is 2.35. The predicted molar refractivity (Wildman–Crippen MR) is 98.4 cm³/mol. The molecule has 0 N–H and O–H groups in total. The SMILES string of the molecule is CC[Si](CC)(CC)O[C@H](C)C[C@@H]1CCCC(C)(CI)O1. The predicted octanol–water partition coefficient (Wildman–Crippen LogP) is 5.55. The summed E-state index contributed by atoms with van der Waals surface area (Å²) in [6.45, 7) is 11.4. The van der Waals surface area contributed by atoms with Crippen LogP contribution in [0.2, 0.25) is 18.1 Å². The molecule has 1 aliphatic heterocycles. The number of hydrogen-bond donors (Lipinski definition) is 0. The van der Waals surface area contributed by atoms with Crippen molar-refractivity contribution in [2.45, 2.75) is 96.2 Å². The lowest BCUT2D eigenvalue weighted by Crippen LogP contribution is -2.43. The second-order valence-corrected chi connectivity index (χ2v) is 12.1. The standard InChI is InChI=1S/C16H33IO2Si/c1-6-20(7-2,8-3)19-14(4)12-15-10-9-11-16(5,13-17)18-15/h14-15H,6-13H2,1-5H3/t14-,15+,16?/m1/s1. The summed E-state index contributed by atoms with van der Waals surface area (Å²) < 4.78 is 14.0. The first-order valence-corrected chi connectivity index (χ1v) is 12.4. The number of halogens is 1. The maximum Gasteiger partial charge on any atom is 0.192 e. The maximum absolute atomic E-state index is 6.55. The molecule has 0 aromatic heterocycles. The van der Waals surface area contributed by atoms with E-state index in [-0.39, 0.29) is 5.60 Å². The molecule has 120 valence electrons. The third-order valence-corrected chi connectivity index (χ3v) is 11.3. The zero-order chi connectivity index (χ0) is 15.2. The van der Waals surface area contributed by atoms with Gasteiger partial charge in [0.1, 0.15) is 0 Å². The largest absolute Gasteiger partial charge is 0.414 e. The van der Waals surface area contributed by atoms with Gasteiger partial charge in [0.2, 0.25) is 0 Å². The van der Waals surface area contributed by atoms with E-state index >= 15 is 0 Å². The van der Waals surface area contributed by atoms with Crippen molar-refractivity contribution in [2.75, 3.05) is 4.43 Å². The van der Waals surface area contributed by atoms with Gasteiger partial charge in [0, 0.05) is 10.5 Å². The lowest BCUT2D eigenvalue weighted by atomic mass is 9.93. The van der Waals surface area contributed by atoms with Crippen LogP contribution in [0.15, 0.2) is 0 Å². The van der Waals surface area contributed by atoms with Gasteiger partial charge in [0.15, 0.2) is 8.32 Å². The molecule has 0 aromatic rings. The Bertz CT molecular complexity index is 275. The Kier molecular flexibility index (Phi) is 8.03. The van der Waals surface area contributed by atoms with E-state index in [0.717, 1.165) is 10.8 Å². The number of hydrogen-bond acceptors (Lipinski definition) is 2. The summed E-state index contributed by atoms with van der Waals surface area (Å²) in [5.41, 5.74) is 0.0952. The van der Waals surface area contributed by atoms with Crippen LogP contribution in [-0.2, 0) is 9.16 Å². The second kappa shape index (κ2) is 8.49. The highest BCUT2D eigenvalue weighted by Crippen LogP contribution is 2.33. The van der Waals surface area contributed by atoms with Crippen molar-refractivity contribution in [3.63, 3.8) is 0 Å². The summed E-state index contributed by atoms with van der Waals surface area (Å²) in [6, 6.07) is 3.71. The molecular formula is C16H33IO2Si. The summed E-state index contributed by atoms with van der Waals surface area (Å²) in [4.78, 5) is 0. The van der Waals surface area contributed by atoms with E-state index in [2.05, 4.69) is 57.2 Å². The van der Waals surface area contributed by atoms with Crippen molar-refractivity contribution in [3.05, 3.63) is 0 Å². The van der Waals surface area contributed by atoms with Gasteiger partial charge in [-0.05, 0) is 57.7 Å². The van der Waals surface area contributed by atoms with Crippen LogP contribution in [0.4, 0.5) is 0 Å². The summed E-state index contributed by atoms with van der Waals surface area (Å²) >= 11 is 2.46. The first-order chi connectivity index (χ1) is 9.42. The van der Waals surface area contributed by atoms with Gasteiger partial charge in [-0.2, -0.15) is 0 Å². The molecule has 1 fully saturated rings. The van der Waals surface area contributed by atoms with Crippen LogP contribution in [0.3, 0.4) is 0 Å². The van der Waals surface area contributed by atoms with Crippen LogP contribution in [0.1, 0.15) is 60.3 Å². The third-order valence-electron chi connectivity index (χ3n) is 4.94. The molecular weight excluding hydrogens is 379 g/mol. The molecule has 2 nitrogen and oxygen atoms in total. The van der Waals surface area contributed by atoms with Crippen molar-refractivity contribution in [1.82, 2.24) is 0 Å². The maximum atomic E-state index is 6.55. The molecule has 1 aliphatic rings. The Morgan fingerprint density at radius 2 is 1.90 bits per heavy atom. The minimum Gasteiger partial charge on any atom is -0.414 e. The molecule has 0 aromatic carbocycles. The van der Waals surface area contributed by atoms with E-state index in [4.69, 9.17) is 9.16 Å². The van der Waals surface area contributed by atoms with Gasteiger partial charge in [-0.15, -0.1) is 0 Å². The number of alkyl halides is 1. The fourth-order valence-corrected chi connectivity index (χ4v) is 6.84. The van der Waals surface area contributed by atoms with Crippen LogP contribution in [0.25, 0.3) is 0 Å². The van der Waals surface area contributed by atoms with Gasteiger partial charge in [0.25, 0.3) is 0 Å². The molecule has 3 atom stereocenters. The highest BCUT2D eigenvalue weighted by molar-refractivity contribution is 14.1. The molecule has 0 aliphatic carbocycles. The molecule has 20 heavy (non-hydrogen) atoms. The topological polar surface area (TPSA) is 18.5 Å². The van der Waals surface area contributed by atoms with Crippen LogP contribution in [0, 0.1) is 0 Å². The number of ether oxygens (including phenoxy) is 1. The van der Waals surface area contributed by atoms with E-state index in [1.807, 2.05) is 0 Å². The molecule has 1 heterocycles. The monoisotopic (exact) mass is 412 g/mol. The fourth-order valence-electron chi connectivity index (χ4n) is 3.33. The van der Waals surface area contributed by atoms with Gasteiger partial charge >= 0.3 is 0 Å². The van der Waals surface area contributed by atoms with Crippen molar-refractivity contribution in [3.8, 4) is 0 Å². The van der Waals surface area contributed by atoms with E-state index in [1.54, 1.807) is 0 Å². The van der Waals surface area contributed by atoms with Crippen LogP contribution < -0.4 is 0 Å². The lowest BCUT2D eigenvalue weighted by molar-refractivity contribution is -0.112. The van der Waals surface area contributed by atoms with Crippen molar-refractivity contribution >= 4 is 30.9 Å². The van der Waals surface area contributed by atoms with Gasteiger partial charge in [-0.1, -0.05) is 43.4 Å². The Morgan fingerprint density at radius 3 is 2.40 bits per heavy atom. The van der Waals surface area contributed by atoms with Crippen LogP contribution in [0.5, 0.6) is 0 Å². The summed E-state index contributed by atoms with van der Waals surface area (Å²) in [7, 11) is -1.47. The molecule has 0 amide bonds. The van der Waals surface area contributed by atoms with Crippen molar-refractivity contribution in [1.29, 1.82) is 0 Å². The van der Waals surface area contributed by atoms with E-state index < -0.39 is 8.32 Å². The first kappa shape index (κ1) is 18.9. The average molecular weight is 412 g/mol. The molecule has 0 radical (unpaired) electrons. The highest BCUT2D eigenvalue weighted by atomic mass is 127. The Morgan fingerprint density at radius 1 is 1.30 bits per heavy atom. The smallest absolute Gasteiger partial charge is 0.192 e. The summed E-state index contributed by atoms with van der Waals surface area (Å²) in [5, 5.41) is 0. The van der Waals surface area contributed by atoms with E-state index in [9.17, 15) is 0 Å². The average Bonchev–Trinajstić information content (AvgIpc) is 2.45. The Labute approximate surface area is 140 Å². The molecule has 4 heteroatoms. The van der Waals surface area contributed by atoms with E-state index in [1.165, 1.54) is 37.4 Å². The molecule has 0 saturated carbocycles. The molecule has 1 unspecified atom stereocenters. The van der Waals surface area contributed by atoms with Crippen molar-refractivity contribution in [2.24, 2.45) is 0 Å². The van der Waals surface area contributed by atoms with Crippen molar-refractivity contribution < 1.29 is 9.16 Å². The van der Waals surface area contributed by atoms with Crippen LogP contribution >= 0.6 is 22.6 Å². The minimum absolute atomic E-state index is 0.0952. The minimum atomic E-state index is -1.47. The van der Waals surface area contributed by atoms with Gasteiger partial charge in [0.05, 0.1) is 11.7 Å². The van der Waals surface area contributed by atoms with Gasteiger partial charge in [-0.3, -0.25) is 0 Å². The first-order valence-electron chi connectivity index (χ1n) is 8.34. The third kappa shape index (κ3) is 5.25. The molecule has 1 saturated heterocycles. The van der Waals surface area contributed by atoms with Gasteiger partial charge < -0.3 is 9.16 Å². The zero-order valence-corrected chi connectivity index (χ0v) is 17.2. The molecule has 0 bridgehead atoms. The van der Waals surface area contributed by atoms with Crippen LogP contribution in [-0.4, -0.2) is 30.6 Å². The normalized spacial score (nSPS) is 29.4. The molecule has 1 rings (SSSR count). The number of rotatable bonds is 8. The Hall–Kier alpha value is 0.867. The lowest BCUT2D eigenvalue weighted by Gasteiger charge is -2.40. The second-order valence-electron chi connectivity index (χ2n) is 6.62.